The molecule has 1 aromatic heterocycles. The third-order valence-electron chi connectivity index (χ3n) is 4.66. The van der Waals surface area contributed by atoms with Crippen molar-refractivity contribution in [1.82, 2.24) is 20.4 Å². The van der Waals surface area contributed by atoms with Gasteiger partial charge in [0.2, 0.25) is 0 Å². The van der Waals surface area contributed by atoms with Gasteiger partial charge in [0.05, 0.1) is 25.5 Å². The van der Waals surface area contributed by atoms with Crippen LogP contribution >= 0.6 is 0 Å². The van der Waals surface area contributed by atoms with Crippen LogP contribution in [-0.4, -0.2) is 42.6 Å². The summed E-state index contributed by atoms with van der Waals surface area (Å²) in [6, 6.07) is 18.1. The smallest absolute Gasteiger partial charge is 0.191 e. The lowest BCUT2D eigenvalue weighted by Crippen LogP contribution is -2.37. The van der Waals surface area contributed by atoms with E-state index in [1.165, 1.54) is 0 Å². The average molecular weight is 422 g/mol. The molecule has 0 saturated carbocycles. The molecule has 0 spiro atoms. The molecule has 164 valence electrons. The molecule has 0 aliphatic rings. The molecular formula is C24H31N5O2. The summed E-state index contributed by atoms with van der Waals surface area (Å²) in [5, 5.41) is 11.2. The lowest BCUT2D eigenvalue weighted by Gasteiger charge is -2.13. The standard InChI is InChI=1S/C24H31N5O2/c1-3-31-15-7-14-25-24(26-16-20-10-12-23(30-2)13-11-20)27-17-21-18-28-29(19-21)22-8-5-4-6-9-22/h4-6,8-13,18-19H,3,7,14-17H2,1-2H3,(H2,25,26,27). The maximum Gasteiger partial charge on any atom is 0.191 e. The van der Waals surface area contributed by atoms with Gasteiger partial charge in [-0.3, -0.25) is 0 Å². The molecule has 2 aromatic carbocycles. The molecule has 2 N–H and O–H groups in total. The number of hydrogen-bond acceptors (Lipinski definition) is 4. The van der Waals surface area contributed by atoms with Crippen LogP contribution < -0.4 is 15.4 Å². The van der Waals surface area contributed by atoms with Gasteiger partial charge in [-0.2, -0.15) is 5.10 Å². The Morgan fingerprint density at radius 2 is 1.84 bits per heavy atom. The highest BCUT2D eigenvalue weighted by atomic mass is 16.5. The Hall–Kier alpha value is -3.32. The molecule has 3 rings (SSSR count). The number of hydrogen-bond donors (Lipinski definition) is 2. The first-order valence-electron chi connectivity index (χ1n) is 10.6. The molecule has 31 heavy (non-hydrogen) atoms. The Morgan fingerprint density at radius 3 is 2.58 bits per heavy atom. The van der Waals surface area contributed by atoms with Crippen LogP contribution in [0.5, 0.6) is 5.75 Å². The van der Waals surface area contributed by atoms with Gasteiger partial charge >= 0.3 is 0 Å². The average Bonchev–Trinajstić information content (AvgIpc) is 3.30. The molecule has 7 nitrogen and oxygen atoms in total. The summed E-state index contributed by atoms with van der Waals surface area (Å²) >= 11 is 0. The van der Waals surface area contributed by atoms with E-state index in [0.717, 1.165) is 54.7 Å². The number of rotatable bonds is 11. The Kier molecular flexibility index (Phi) is 8.94. The SMILES string of the molecule is CCOCCCNC(=NCc1cnn(-c2ccccc2)c1)NCc1ccc(OC)cc1. The largest absolute Gasteiger partial charge is 0.497 e. The summed E-state index contributed by atoms with van der Waals surface area (Å²) in [7, 11) is 1.67. The van der Waals surface area contributed by atoms with Gasteiger partial charge in [-0.25, -0.2) is 9.67 Å². The minimum absolute atomic E-state index is 0.538. The van der Waals surface area contributed by atoms with E-state index in [0.29, 0.717) is 13.1 Å². The first kappa shape index (κ1) is 22.4. The van der Waals surface area contributed by atoms with Gasteiger partial charge < -0.3 is 20.1 Å². The second-order valence-electron chi connectivity index (χ2n) is 6.97. The molecule has 0 saturated heterocycles. The zero-order valence-electron chi connectivity index (χ0n) is 18.3. The summed E-state index contributed by atoms with van der Waals surface area (Å²) in [6.07, 6.45) is 4.78. The van der Waals surface area contributed by atoms with Crippen molar-refractivity contribution >= 4 is 5.96 Å². The second kappa shape index (κ2) is 12.4. The van der Waals surface area contributed by atoms with E-state index >= 15 is 0 Å². The van der Waals surface area contributed by atoms with Gasteiger partial charge in [-0.05, 0) is 43.2 Å². The fourth-order valence-corrected chi connectivity index (χ4v) is 2.96. The second-order valence-corrected chi connectivity index (χ2v) is 6.97. The number of aromatic nitrogens is 2. The summed E-state index contributed by atoms with van der Waals surface area (Å²) in [4.78, 5) is 4.74. The van der Waals surface area contributed by atoms with Gasteiger partial charge in [-0.15, -0.1) is 0 Å². The number of nitrogens with zero attached hydrogens (tertiary/aromatic N) is 3. The van der Waals surface area contributed by atoms with Gasteiger partial charge in [-0.1, -0.05) is 30.3 Å². The lowest BCUT2D eigenvalue weighted by atomic mass is 10.2. The molecule has 0 unspecified atom stereocenters. The van der Waals surface area contributed by atoms with Crippen LogP contribution in [0.1, 0.15) is 24.5 Å². The van der Waals surface area contributed by atoms with Crippen molar-refractivity contribution in [2.45, 2.75) is 26.4 Å². The Morgan fingerprint density at radius 1 is 1.03 bits per heavy atom. The van der Waals surface area contributed by atoms with Crippen molar-refractivity contribution in [2.75, 3.05) is 26.9 Å². The van der Waals surface area contributed by atoms with Gasteiger partial charge in [0.25, 0.3) is 0 Å². The van der Waals surface area contributed by atoms with E-state index in [1.807, 2.05) is 78.6 Å². The zero-order valence-corrected chi connectivity index (χ0v) is 18.3. The Bertz CT molecular complexity index is 923. The van der Waals surface area contributed by atoms with Crippen LogP contribution in [0.15, 0.2) is 72.0 Å². The fourth-order valence-electron chi connectivity index (χ4n) is 2.96. The van der Waals surface area contributed by atoms with Crippen molar-refractivity contribution in [3.63, 3.8) is 0 Å². The van der Waals surface area contributed by atoms with Crippen LogP contribution in [-0.2, 0) is 17.8 Å². The van der Waals surface area contributed by atoms with Crippen molar-refractivity contribution in [2.24, 2.45) is 4.99 Å². The third kappa shape index (κ3) is 7.46. The Labute approximate surface area is 184 Å². The molecule has 1 heterocycles. The molecule has 0 atom stereocenters. The number of para-hydroxylation sites is 1. The molecule has 0 aliphatic heterocycles. The van der Waals surface area contributed by atoms with Crippen LogP contribution in [0.4, 0.5) is 0 Å². The third-order valence-corrected chi connectivity index (χ3v) is 4.66. The maximum atomic E-state index is 5.42. The van der Waals surface area contributed by atoms with Crippen molar-refractivity contribution in [3.05, 3.63) is 78.1 Å². The van der Waals surface area contributed by atoms with E-state index in [1.54, 1.807) is 7.11 Å². The quantitative estimate of drug-likeness (QED) is 0.281. The summed E-state index contributed by atoms with van der Waals surface area (Å²) in [5.74, 6) is 1.61. The highest BCUT2D eigenvalue weighted by Gasteiger charge is 2.03. The molecule has 7 heteroatoms. The summed E-state index contributed by atoms with van der Waals surface area (Å²) in [6.45, 7) is 5.48. The molecule has 0 aliphatic carbocycles. The Balaban J connectivity index is 1.60. The fraction of sp³-hybridized carbons (Fsp3) is 0.333. The normalized spacial score (nSPS) is 11.4. The molecule has 3 aromatic rings. The monoisotopic (exact) mass is 421 g/mol. The van der Waals surface area contributed by atoms with Gasteiger partial charge in [0.15, 0.2) is 5.96 Å². The van der Waals surface area contributed by atoms with Crippen molar-refractivity contribution in [1.29, 1.82) is 0 Å². The van der Waals surface area contributed by atoms with E-state index < -0.39 is 0 Å². The van der Waals surface area contributed by atoms with Crippen LogP contribution in [0.3, 0.4) is 0 Å². The number of guanidine groups is 1. The first-order valence-corrected chi connectivity index (χ1v) is 10.6. The highest BCUT2D eigenvalue weighted by Crippen LogP contribution is 2.11. The van der Waals surface area contributed by atoms with Crippen LogP contribution in [0, 0.1) is 0 Å². The topological polar surface area (TPSA) is 72.7 Å². The number of ether oxygens (including phenoxy) is 2. The van der Waals surface area contributed by atoms with Crippen LogP contribution in [0.25, 0.3) is 5.69 Å². The minimum atomic E-state index is 0.538. The van der Waals surface area contributed by atoms with E-state index in [4.69, 9.17) is 14.5 Å². The van der Waals surface area contributed by atoms with Crippen molar-refractivity contribution in [3.8, 4) is 11.4 Å². The lowest BCUT2D eigenvalue weighted by molar-refractivity contribution is 0.145. The minimum Gasteiger partial charge on any atom is -0.497 e. The molecular weight excluding hydrogens is 390 g/mol. The van der Waals surface area contributed by atoms with Gasteiger partial charge in [0.1, 0.15) is 5.75 Å². The molecule has 0 amide bonds. The number of aliphatic imine (C=N–C) groups is 1. The van der Waals surface area contributed by atoms with Crippen molar-refractivity contribution < 1.29 is 9.47 Å². The van der Waals surface area contributed by atoms with Crippen LogP contribution in [0.2, 0.25) is 0 Å². The number of benzene rings is 2. The number of nitrogens with one attached hydrogen (secondary N) is 2. The first-order chi connectivity index (χ1) is 15.3. The highest BCUT2D eigenvalue weighted by molar-refractivity contribution is 5.79. The maximum absolute atomic E-state index is 5.42. The summed E-state index contributed by atoms with van der Waals surface area (Å²) in [5.41, 5.74) is 3.23. The van der Waals surface area contributed by atoms with E-state index in [9.17, 15) is 0 Å². The number of methoxy groups -OCH3 is 1. The predicted molar refractivity (Wildman–Crippen MR) is 124 cm³/mol. The molecule has 0 bridgehead atoms. The molecule has 0 radical (unpaired) electrons. The molecule has 0 fully saturated rings. The van der Waals surface area contributed by atoms with Gasteiger partial charge in [0, 0.05) is 38.1 Å². The van der Waals surface area contributed by atoms with E-state index in [2.05, 4.69) is 15.7 Å². The zero-order chi connectivity index (χ0) is 21.7. The predicted octanol–water partition coefficient (Wildman–Crippen LogP) is 3.54. The summed E-state index contributed by atoms with van der Waals surface area (Å²) < 4.78 is 12.5. The van der Waals surface area contributed by atoms with E-state index in [-0.39, 0.29) is 0 Å².